The summed E-state index contributed by atoms with van der Waals surface area (Å²) in [6.07, 6.45) is 13.9. The Morgan fingerprint density at radius 2 is 1.27 bits per heavy atom. The van der Waals surface area contributed by atoms with Crippen LogP contribution in [0.25, 0.3) is 11.1 Å². The summed E-state index contributed by atoms with van der Waals surface area (Å²) in [5, 5.41) is 0. The molecule has 0 aliphatic heterocycles. The molecule has 268 valence electrons. The van der Waals surface area contributed by atoms with Crippen LogP contribution in [0.15, 0.2) is 138 Å². The van der Waals surface area contributed by atoms with Gasteiger partial charge in [-0.25, -0.2) is 0 Å². The number of aryl methyl sites for hydroxylation is 7. The minimum Gasteiger partial charge on any atom is -0.314 e. The number of benzene rings is 4. The molecule has 0 spiro atoms. The molecular formula is C50H63N. The Bertz CT molecular complexity index is 1920. The number of hydrogen-bond donors (Lipinski definition) is 0. The second-order valence-electron chi connectivity index (χ2n) is 14.5. The van der Waals surface area contributed by atoms with E-state index in [-0.39, 0.29) is 0 Å². The van der Waals surface area contributed by atoms with Crippen LogP contribution in [0.3, 0.4) is 0 Å². The lowest BCUT2D eigenvalue weighted by Gasteiger charge is -2.28. The van der Waals surface area contributed by atoms with Crippen LogP contribution in [0.1, 0.15) is 99.2 Å². The fourth-order valence-electron chi connectivity index (χ4n) is 6.25. The van der Waals surface area contributed by atoms with Gasteiger partial charge in [0, 0.05) is 17.1 Å². The van der Waals surface area contributed by atoms with E-state index >= 15 is 0 Å². The van der Waals surface area contributed by atoms with Crippen molar-refractivity contribution in [2.75, 3.05) is 4.90 Å². The summed E-state index contributed by atoms with van der Waals surface area (Å²) in [5.41, 5.74) is 20.8. The maximum Gasteiger partial charge on any atom is 0.0487 e. The maximum absolute atomic E-state index is 3.93. The Labute approximate surface area is 311 Å². The molecule has 0 amide bonds. The minimum atomic E-state index is 1.17. The molecule has 1 aliphatic carbocycles. The Hall–Kier alpha value is -4.62. The lowest BCUT2D eigenvalue weighted by Crippen LogP contribution is -2.16. The molecule has 0 bridgehead atoms. The van der Waals surface area contributed by atoms with Crippen LogP contribution in [0.5, 0.6) is 0 Å². The molecule has 5 rings (SSSR count). The number of allylic oxidation sites excluding steroid dienone is 9. The molecule has 51 heavy (non-hydrogen) atoms. The third kappa shape index (κ3) is 12.3. The zero-order valence-corrected chi connectivity index (χ0v) is 33.8. The summed E-state index contributed by atoms with van der Waals surface area (Å²) in [6, 6.07) is 28.7. The van der Waals surface area contributed by atoms with Crippen LogP contribution >= 0.6 is 0 Å². The van der Waals surface area contributed by atoms with Crippen LogP contribution in [-0.2, 0) is 0 Å². The standard InChI is InChI=1S/C31H35N.C10H16.C9H12/c1-9-22(3)24(5)18-27(8)32(30-12-10-11-21(2)17-30)31-16-15-29(20-26(31)7)28-14-13-23(4)25(6)19-28;1-3-5-10-7-4-6-9(2)8-10;1-7-4-5-8(2)9(3)6-7/h9-20H,1H2,2-8H3;7-8H,3-6H2,1-2H3;4-6H,1-3H3/b24-22+,27-18+;;. The van der Waals surface area contributed by atoms with Gasteiger partial charge in [0.1, 0.15) is 0 Å². The summed E-state index contributed by atoms with van der Waals surface area (Å²) < 4.78 is 0. The van der Waals surface area contributed by atoms with E-state index in [4.69, 9.17) is 0 Å². The fraction of sp³-hybridized carbons (Fsp3) is 0.320. The Kier molecular flexibility index (Phi) is 15.8. The largest absolute Gasteiger partial charge is 0.314 e. The Morgan fingerprint density at radius 1 is 0.667 bits per heavy atom. The van der Waals surface area contributed by atoms with Gasteiger partial charge in [-0.3, -0.25) is 0 Å². The summed E-state index contributed by atoms with van der Waals surface area (Å²) in [6.45, 7) is 29.9. The molecule has 1 heteroatoms. The van der Waals surface area contributed by atoms with Gasteiger partial charge in [-0.2, -0.15) is 0 Å². The predicted molar refractivity (Wildman–Crippen MR) is 228 cm³/mol. The molecule has 0 unspecified atom stereocenters. The molecule has 0 heterocycles. The van der Waals surface area contributed by atoms with Gasteiger partial charge in [-0.05, 0) is 181 Å². The number of hydrogen-bond acceptors (Lipinski definition) is 1. The van der Waals surface area contributed by atoms with Crippen LogP contribution in [0.2, 0.25) is 0 Å². The van der Waals surface area contributed by atoms with Crippen molar-refractivity contribution in [3.8, 4) is 11.1 Å². The third-order valence-electron chi connectivity index (χ3n) is 9.82. The van der Waals surface area contributed by atoms with Crippen LogP contribution in [0, 0.1) is 48.5 Å². The first-order valence-corrected chi connectivity index (χ1v) is 18.7. The second kappa shape index (κ2) is 19.7. The van der Waals surface area contributed by atoms with Crippen molar-refractivity contribution in [2.24, 2.45) is 0 Å². The zero-order chi connectivity index (χ0) is 37.7. The van der Waals surface area contributed by atoms with Crippen molar-refractivity contribution in [1.82, 2.24) is 0 Å². The summed E-state index contributed by atoms with van der Waals surface area (Å²) >= 11 is 0. The highest BCUT2D eigenvalue weighted by atomic mass is 15.1. The molecule has 0 atom stereocenters. The van der Waals surface area contributed by atoms with Gasteiger partial charge in [-0.15, -0.1) is 0 Å². The zero-order valence-electron chi connectivity index (χ0n) is 33.8. The summed E-state index contributed by atoms with van der Waals surface area (Å²) in [7, 11) is 0. The topological polar surface area (TPSA) is 3.24 Å². The SMILES string of the molecule is C=C/C(C)=C(C)/C=C(\C)N(c1cccc(C)c1)c1ccc(-c2ccc(C)c(C)c2)cc1C.CCCC1=CCCC(C)=C1.Cc1ccc(C)c(C)c1. The summed E-state index contributed by atoms with van der Waals surface area (Å²) in [4.78, 5) is 2.35. The van der Waals surface area contributed by atoms with E-state index < -0.39 is 0 Å². The van der Waals surface area contributed by atoms with Gasteiger partial charge < -0.3 is 4.90 Å². The third-order valence-corrected chi connectivity index (χ3v) is 9.82. The van der Waals surface area contributed by atoms with Crippen molar-refractivity contribution >= 4 is 11.4 Å². The van der Waals surface area contributed by atoms with E-state index in [1.807, 2.05) is 6.08 Å². The monoisotopic (exact) mass is 677 g/mol. The van der Waals surface area contributed by atoms with Crippen LogP contribution in [-0.4, -0.2) is 0 Å². The minimum absolute atomic E-state index is 1.17. The predicted octanol–water partition coefficient (Wildman–Crippen LogP) is 15.2. The van der Waals surface area contributed by atoms with Crippen molar-refractivity contribution < 1.29 is 0 Å². The lowest BCUT2D eigenvalue weighted by atomic mass is 9.98. The smallest absolute Gasteiger partial charge is 0.0487 e. The van der Waals surface area contributed by atoms with E-state index in [1.165, 1.54) is 104 Å². The van der Waals surface area contributed by atoms with Gasteiger partial charge >= 0.3 is 0 Å². The Balaban J connectivity index is 0.000000298. The normalized spacial score (nSPS) is 13.1. The molecule has 0 saturated heterocycles. The number of anilines is 2. The molecule has 0 aromatic heterocycles. The quantitative estimate of drug-likeness (QED) is 0.168. The molecule has 1 nitrogen and oxygen atoms in total. The van der Waals surface area contributed by atoms with Crippen molar-refractivity contribution in [2.45, 2.75) is 109 Å². The highest BCUT2D eigenvalue weighted by Gasteiger charge is 2.15. The molecule has 4 aromatic rings. The molecule has 4 aromatic carbocycles. The van der Waals surface area contributed by atoms with Gasteiger partial charge in [0.15, 0.2) is 0 Å². The van der Waals surface area contributed by atoms with Crippen molar-refractivity contribution in [1.29, 1.82) is 0 Å². The molecule has 0 radical (unpaired) electrons. The average Bonchev–Trinajstić information content (AvgIpc) is 3.09. The number of rotatable bonds is 8. The molecular weight excluding hydrogens is 615 g/mol. The summed E-state index contributed by atoms with van der Waals surface area (Å²) in [5.74, 6) is 0. The second-order valence-corrected chi connectivity index (χ2v) is 14.5. The van der Waals surface area contributed by atoms with Crippen molar-refractivity contribution in [3.05, 3.63) is 177 Å². The maximum atomic E-state index is 3.93. The molecule has 0 fully saturated rings. The Morgan fingerprint density at radius 3 is 1.82 bits per heavy atom. The first kappa shape index (κ1) is 40.8. The van der Waals surface area contributed by atoms with E-state index in [1.54, 1.807) is 11.1 Å². The average molecular weight is 678 g/mol. The van der Waals surface area contributed by atoms with E-state index in [2.05, 4.69) is 192 Å². The van der Waals surface area contributed by atoms with Gasteiger partial charge in [0.2, 0.25) is 0 Å². The van der Waals surface area contributed by atoms with Gasteiger partial charge in [-0.1, -0.05) is 109 Å². The molecule has 0 saturated carbocycles. The van der Waals surface area contributed by atoms with Crippen molar-refractivity contribution in [3.63, 3.8) is 0 Å². The van der Waals surface area contributed by atoms with E-state index in [0.29, 0.717) is 0 Å². The van der Waals surface area contributed by atoms with E-state index in [0.717, 1.165) is 0 Å². The van der Waals surface area contributed by atoms with Crippen LogP contribution < -0.4 is 4.90 Å². The highest BCUT2D eigenvalue weighted by Crippen LogP contribution is 2.36. The molecule has 0 N–H and O–H groups in total. The van der Waals surface area contributed by atoms with E-state index in [9.17, 15) is 0 Å². The number of nitrogens with zero attached hydrogens (tertiary/aromatic N) is 1. The van der Waals surface area contributed by atoms with Gasteiger partial charge in [0.05, 0.1) is 0 Å². The molecule has 1 aliphatic rings. The van der Waals surface area contributed by atoms with Crippen LogP contribution in [0.4, 0.5) is 11.4 Å². The first-order valence-electron chi connectivity index (χ1n) is 18.7. The highest BCUT2D eigenvalue weighted by molar-refractivity contribution is 5.76. The first-order chi connectivity index (χ1) is 24.2. The van der Waals surface area contributed by atoms with Gasteiger partial charge in [0.25, 0.3) is 0 Å². The lowest BCUT2D eigenvalue weighted by molar-refractivity contribution is 0.872. The fourth-order valence-corrected chi connectivity index (χ4v) is 6.25.